The van der Waals surface area contributed by atoms with E-state index < -0.39 is 11.7 Å². The minimum atomic E-state index is -0.501. The largest absolute Gasteiger partial charge is 0.351 e. The first-order valence-electron chi connectivity index (χ1n) is 8.48. The van der Waals surface area contributed by atoms with Crippen molar-refractivity contribution in [2.75, 3.05) is 11.9 Å². The smallest absolute Gasteiger partial charge is 0.252 e. The van der Waals surface area contributed by atoms with Crippen LogP contribution in [0.2, 0.25) is 0 Å². The molecule has 0 aliphatic rings. The van der Waals surface area contributed by atoms with Crippen molar-refractivity contribution < 1.29 is 14.0 Å². The Morgan fingerprint density at radius 2 is 1.93 bits per heavy atom. The molecule has 0 bridgehead atoms. The monoisotopic (exact) mass is 461 g/mol. The molecule has 0 radical (unpaired) electrons. The number of carbonyl (C=O) groups excluding carboxylic acids is 2. The number of nitrogens with one attached hydrogen (secondary N) is 2. The van der Waals surface area contributed by atoms with Crippen LogP contribution in [-0.4, -0.2) is 23.3 Å². The molecule has 1 aromatic heterocycles. The molecule has 3 aromatic rings. The fraction of sp³-hybridized carbons (Fsp3) is 0.150. The van der Waals surface area contributed by atoms with Gasteiger partial charge in [-0.05, 0) is 41.1 Å². The van der Waals surface area contributed by atoms with Gasteiger partial charge >= 0.3 is 0 Å². The predicted molar refractivity (Wildman–Crippen MR) is 112 cm³/mol. The molecule has 28 heavy (non-hydrogen) atoms. The van der Waals surface area contributed by atoms with E-state index in [-0.39, 0.29) is 24.4 Å². The first kappa shape index (κ1) is 20.2. The number of aromatic nitrogens is 1. The summed E-state index contributed by atoms with van der Waals surface area (Å²) in [7, 11) is 0. The number of nitrogens with zero attached hydrogens (tertiary/aromatic N) is 1. The number of halogens is 2. The van der Waals surface area contributed by atoms with Crippen LogP contribution in [0.15, 0.2) is 52.3 Å². The van der Waals surface area contributed by atoms with Crippen molar-refractivity contribution in [2.45, 2.75) is 13.3 Å². The third kappa shape index (κ3) is 5.24. The van der Waals surface area contributed by atoms with Gasteiger partial charge in [0.05, 0.1) is 11.3 Å². The summed E-state index contributed by atoms with van der Waals surface area (Å²) in [6, 6.07) is 11.8. The lowest BCUT2D eigenvalue weighted by molar-refractivity contribution is -0.116. The topological polar surface area (TPSA) is 71.1 Å². The number of rotatable bonds is 6. The van der Waals surface area contributed by atoms with E-state index in [2.05, 4.69) is 31.5 Å². The second kappa shape index (κ2) is 9.07. The number of anilines is 1. The van der Waals surface area contributed by atoms with E-state index >= 15 is 0 Å². The summed E-state index contributed by atoms with van der Waals surface area (Å²) in [5, 5.41) is 7.71. The molecule has 2 N–H and O–H groups in total. The molecule has 0 spiro atoms. The lowest BCUT2D eigenvalue weighted by Gasteiger charge is -2.07. The van der Waals surface area contributed by atoms with Crippen molar-refractivity contribution in [2.24, 2.45) is 0 Å². The highest BCUT2D eigenvalue weighted by molar-refractivity contribution is 9.10. The van der Waals surface area contributed by atoms with Crippen LogP contribution < -0.4 is 10.6 Å². The van der Waals surface area contributed by atoms with E-state index in [4.69, 9.17) is 0 Å². The Hall–Kier alpha value is -2.58. The number of hydrogen-bond donors (Lipinski definition) is 2. The van der Waals surface area contributed by atoms with Crippen LogP contribution in [0, 0.1) is 12.7 Å². The van der Waals surface area contributed by atoms with Gasteiger partial charge in [0, 0.05) is 28.4 Å². The highest BCUT2D eigenvalue weighted by Gasteiger charge is 2.12. The predicted octanol–water partition coefficient (Wildman–Crippen LogP) is 4.78. The molecule has 5 nitrogen and oxygen atoms in total. The molecule has 1 heterocycles. The summed E-state index contributed by atoms with van der Waals surface area (Å²) < 4.78 is 13.8. The third-order valence-electron chi connectivity index (χ3n) is 3.91. The lowest BCUT2D eigenvalue weighted by Crippen LogP contribution is -2.28. The molecule has 0 atom stereocenters. The first-order valence-corrected chi connectivity index (χ1v) is 10.2. The molecule has 144 valence electrons. The SMILES string of the molecule is Cc1ccc(-c2csc(NC(=O)CCNC(=O)c3cc(F)ccc3Br)n2)cc1. The fourth-order valence-electron chi connectivity index (χ4n) is 2.43. The molecule has 0 aliphatic heterocycles. The van der Waals surface area contributed by atoms with E-state index in [0.29, 0.717) is 9.60 Å². The summed E-state index contributed by atoms with van der Waals surface area (Å²) in [6.07, 6.45) is 0.0815. The molecule has 0 saturated carbocycles. The first-order chi connectivity index (χ1) is 13.4. The molecular formula is C20H17BrFN3O2S. The zero-order valence-corrected chi connectivity index (χ0v) is 17.4. The van der Waals surface area contributed by atoms with Gasteiger partial charge in [0.2, 0.25) is 5.91 Å². The van der Waals surface area contributed by atoms with Crippen LogP contribution in [0.1, 0.15) is 22.3 Å². The van der Waals surface area contributed by atoms with Crippen LogP contribution in [0.3, 0.4) is 0 Å². The number of aryl methyl sites for hydroxylation is 1. The number of carbonyl (C=O) groups is 2. The van der Waals surface area contributed by atoms with Crippen LogP contribution in [-0.2, 0) is 4.79 Å². The van der Waals surface area contributed by atoms with Gasteiger partial charge in [-0.1, -0.05) is 29.8 Å². The molecule has 0 fully saturated rings. The second-order valence-electron chi connectivity index (χ2n) is 6.08. The number of hydrogen-bond acceptors (Lipinski definition) is 4. The average Bonchev–Trinajstić information content (AvgIpc) is 3.12. The van der Waals surface area contributed by atoms with Crippen LogP contribution in [0.5, 0.6) is 0 Å². The number of thiazole rings is 1. The van der Waals surface area contributed by atoms with Gasteiger partial charge in [-0.25, -0.2) is 9.37 Å². The Kier molecular flexibility index (Phi) is 6.53. The van der Waals surface area contributed by atoms with Crippen molar-refractivity contribution in [1.29, 1.82) is 0 Å². The highest BCUT2D eigenvalue weighted by Crippen LogP contribution is 2.25. The van der Waals surface area contributed by atoms with Crippen molar-refractivity contribution >= 4 is 44.2 Å². The Morgan fingerprint density at radius 1 is 1.18 bits per heavy atom. The van der Waals surface area contributed by atoms with E-state index in [1.807, 2.05) is 36.6 Å². The van der Waals surface area contributed by atoms with Crippen molar-refractivity contribution in [3.8, 4) is 11.3 Å². The summed E-state index contributed by atoms with van der Waals surface area (Å²) in [4.78, 5) is 28.6. The van der Waals surface area contributed by atoms with Gasteiger partial charge < -0.3 is 10.6 Å². The summed E-state index contributed by atoms with van der Waals surface area (Å²) in [6.45, 7) is 2.14. The molecule has 2 amide bonds. The van der Waals surface area contributed by atoms with Crippen molar-refractivity contribution in [3.05, 3.63) is 69.3 Å². The normalized spacial score (nSPS) is 10.5. The Morgan fingerprint density at radius 3 is 2.68 bits per heavy atom. The molecule has 2 aromatic carbocycles. The van der Waals surface area contributed by atoms with Crippen LogP contribution in [0.4, 0.5) is 9.52 Å². The molecule has 0 saturated heterocycles. The van der Waals surface area contributed by atoms with Gasteiger partial charge in [-0.2, -0.15) is 0 Å². The van der Waals surface area contributed by atoms with Gasteiger partial charge in [0.25, 0.3) is 5.91 Å². The quantitative estimate of drug-likeness (QED) is 0.554. The average molecular weight is 462 g/mol. The van der Waals surface area contributed by atoms with Gasteiger partial charge in [0.1, 0.15) is 5.82 Å². The molecule has 0 aliphatic carbocycles. The molecule has 0 unspecified atom stereocenters. The zero-order chi connectivity index (χ0) is 20.1. The minimum absolute atomic E-state index is 0.0815. The number of amides is 2. The lowest BCUT2D eigenvalue weighted by atomic mass is 10.1. The maximum Gasteiger partial charge on any atom is 0.252 e. The van der Waals surface area contributed by atoms with Crippen molar-refractivity contribution in [1.82, 2.24) is 10.3 Å². The Bertz CT molecular complexity index is 1000. The highest BCUT2D eigenvalue weighted by atomic mass is 79.9. The third-order valence-corrected chi connectivity index (χ3v) is 5.36. The Balaban J connectivity index is 1.50. The summed E-state index contributed by atoms with van der Waals surface area (Å²) in [5.41, 5.74) is 3.13. The van der Waals surface area contributed by atoms with Crippen molar-refractivity contribution in [3.63, 3.8) is 0 Å². The van der Waals surface area contributed by atoms with Gasteiger partial charge in [-0.15, -0.1) is 11.3 Å². The summed E-state index contributed by atoms with van der Waals surface area (Å²) in [5.74, 6) is -1.21. The fourth-order valence-corrected chi connectivity index (χ4v) is 3.59. The van der Waals surface area contributed by atoms with E-state index in [9.17, 15) is 14.0 Å². The molecular weight excluding hydrogens is 445 g/mol. The van der Waals surface area contributed by atoms with E-state index in [1.165, 1.54) is 29.0 Å². The minimum Gasteiger partial charge on any atom is -0.351 e. The van der Waals surface area contributed by atoms with Gasteiger partial charge in [0.15, 0.2) is 5.13 Å². The Labute approximate surface area is 174 Å². The van der Waals surface area contributed by atoms with E-state index in [0.717, 1.165) is 17.3 Å². The molecule has 8 heteroatoms. The van der Waals surface area contributed by atoms with Gasteiger partial charge in [-0.3, -0.25) is 9.59 Å². The number of benzene rings is 2. The maximum absolute atomic E-state index is 13.3. The maximum atomic E-state index is 13.3. The molecule has 3 rings (SSSR count). The van der Waals surface area contributed by atoms with Crippen LogP contribution >= 0.6 is 27.3 Å². The standard InChI is InChI=1S/C20H17BrFN3O2S/c1-12-2-4-13(5-3-12)17-11-28-20(24-17)25-18(26)8-9-23-19(27)15-10-14(22)6-7-16(15)21/h2-7,10-11H,8-9H2,1H3,(H,23,27)(H,24,25,26). The second-order valence-corrected chi connectivity index (χ2v) is 7.79. The zero-order valence-electron chi connectivity index (χ0n) is 15.0. The summed E-state index contributed by atoms with van der Waals surface area (Å²) >= 11 is 4.55. The van der Waals surface area contributed by atoms with Crippen LogP contribution in [0.25, 0.3) is 11.3 Å². The van der Waals surface area contributed by atoms with E-state index in [1.54, 1.807) is 0 Å².